The Balaban J connectivity index is 1.84. The minimum absolute atomic E-state index is 0.319. The van der Waals surface area contributed by atoms with Crippen LogP contribution in [-0.2, 0) is 15.2 Å². The van der Waals surface area contributed by atoms with Gasteiger partial charge in [-0.05, 0) is 51.8 Å². The molecule has 0 spiro atoms. The van der Waals surface area contributed by atoms with E-state index in [9.17, 15) is 21.5 Å². The van der Waals surface area contributed by atoms with Gasteiger partial charge in [0, 0.05) is 12.1 Å². The van der Waals surface area contributed by atoms with Crippen LogP contribution in [0.2, 0.25) is 0 Å². The van der Waals surface area contributed by atoms with Gasteiger partial charge in [-0.3, -0.25) is 4.90 Å². The monoisotopic (exact) mass is 429 g/mol. The summed E-state index contributed by atoms with van der Waals surface area (Å²) in [5.41, 5.74) is 0.141. The number of halogens is 2. The normalized spacial score (nSPS) is 17.4. The lowest BCUT2D eigenvalue weighted by molar-refractivity contribution is 0.0218. The van der Waals surface area contributed by atoms with Crippen LogP contribution in [0.3, 0.4) is 0 Å². The zero-order chi connectivity index (χ0) is 21.4. The van der Waals surface area contributed by atoms with Gasteiger partial charge in [-0.15, -0.1) is 0 Å². The number of ether oxygens (including phenoxy) is 1. The molecule has 1 aromatic carbocycles. The molecule has 11 heteroatoms. The van der Waals surface area contributed by atoms with E-state index in [4.69, 9.17) is 4.74 Å². The standard InChI is InChI=1S/C18H21F2N3O5S/c1-18(2,3)27-17(24)23-8-4-5-14(23)16-21-10-13(22-16)11-6-7-12(19)15(9-11)28-29(20,25)26/h6-7,9-10,14H,4-5,8H2,1-3H3,(H,21,22)/t14-/m0/s1. The summed E-state index contributed by atoms with van der Waals surface area (Å²) < 4.78 is 57.2. The van der Waals surface area contributed by atoms with Crippen molar-refractivity contribution in [3.63, 3.8) is 0 Å². The van der Waals surface area contributed by atoms with E-state index in [0.717, 1.165) is 18.6 Å². The van der Waals surface area contributed by atoms with Crippen LogP contribution in [0.1, 0.15) is 45.5 Å². The number of nitrogens with one attached hydrogen (secondary N) is 1. The molecule has 1 N–H and O–H groups in total. The molecule has 158 valence electrons. The number of likely N-dealkylation sites (tertiary alicyclic amines) is 1. The van der Waals surface area contributed by atoms with Crippen molar-refractivity contribution in [2.45, 2.75) is 45.3 Å². The zero-order valence-corrected chi connectivity index (χ0v) is 16.9. The van der Waals surface area contributed by atoms with E-state index in [1.807, 2.05) is 0 Å². The Labute approximate surface area is 167 Å². The van der Waals surface area contributed by atoms with Gasteiger partial charge in [-0.2, -0.15) is 8.42 Å². The topological polar surface area (TPSA) is 102 Å². The molecule has 2 aromatic rings. The molecule has 2 heterocycles. The number of H-pyrrole nitrogens is 1. The average molecular weight is 429 g/mol. The van der Waals surface area contributed by atoms with Crippen LogP contribution >= 0.6 is 0 Å². The van der Waals surface area contributed by atoms with Gasteiger partial charge in [0.25, 0.3) is 0 Å². The zero-order valence-electron chi connectivity index (χ0n) is 16.1. The van der Waals surface area contributed by atoms with Crippen LogP contribution in [0, 0.1) is 5.82 Å². The quantitative estimate of drug-likeness (QED) is 0.740. The molecule has 0 radical (unpaired) electrons. The van der Waals surface area contributed by atoms with Gasteiger partial charge in [-0.1, -0.05) is 3.89 Å². The minimum atomic E-state index is -5.36. The maximum atomic E-state index is 13.7. The van der Waals surface area contributed by atoms with Crippen molar-refractivity contribution in [3.05, 3.63) is 36.0 Å². The molecule has 0 saturated carbocycles. The second-order valence-corrected chi connectivity index (χ2v) is 8.59. The minimum Gasteiger partial charge on any atom is -0.444 e. The lowest BCUT2D eigenvalue weighted by Gasteiger charge is -2.27. The highest BCUT2D eigenvalue weighted by Gasteiger charge is 2.34. The first-order valence-electron chi connectivity index (χ1n) is 8.91. The first kappa shape index (κ1) is 21.0. The van der Waals surface area contributed by atoms with E-state index in [-0.39, 0.29) is 6.04 Å². The van der Waals surface area contributed by atoms with Gasteiger partial charge in [-0.25, -0.2) is 14.2 Å². The number of carbonyl (C=O) groups is 1. The van der Waals surface area contributed by atoms with Crippen molar-refractivity contribution in [2.24, 2.45) is 0 Å². The molecule has 29 heavy (non-hydrogen) atoms. The van der Waals surface area contributed by atoms with E-state index in [0.29, 0.717) is 30.0 Å². The molecule has 3 rings (SSSR count). The Morgan fingerprint density at radius 3 is 2.72 bits per heavy atom. The summed E-state index contributed by atoms with van der Waals surface area (Å²) in [6.07, 6.45) is 2.48. The van der Waals surface area contributed by atoms with Gasteiger partial charge in [0.1, 0.15) is 11.4 Å². The molecule has 1 aliphatic heterocycles. The number of imidazole rings is 1. The predicted molar refractivity (Wildman–Crippen MR) is 99.6 cm³/mol. The Morgan fingerprint density at radius 1 is 1.34 bits per heavy atom. The van der Waals surface area contributed by atoms with E-state index in [2.05, 4.69) is 14.2 Å². The lowest BCUT2D eigenvalue weighted by atomic mass is 10.1. The maximum Gasteiger partial charge on any atom is 0.488 e. The summed E-state index contributed by atoms with van der Waals surface area (Å²) in [5, 5.41) is 0. The average Bonchev–Trinajstić information content (AvgIpc) is 3.22. The molecule has 1 atom stereocenters. The van der Waals surface area contributed by atoms with Crippen LogP contribution in [0.4, 0.5) is 13.1 Å². The largest absolute Gasteiger partial charge is 0.488 e. The van der Waals surface area contributed by atoms with Crippen LogP contribution in [0.25, 0.3) is 11.3 Å². The summed E-state index contributed by atoms with van der Waals surface area (Å²) in [7, 11) is -5.36. The summed E-state index contributed by atoms with van der Waals surface area (Å²) >= 11 is 0. The highest BCUT2D eigenvalue weighted by molar-refractivity contribution is 7.81. The predicted octanol–water partition coefficient (Wildman–Crippen LogP) is 3.88. The fraction of sp³-hybridized carbons (Fsp3) is 0.444. The van der Waals surface area contributed by atoms with Gasteiger partial charge >= 0.3 is 16.6 Å². The number of aromatic amines is 1. The molecule has 1 aliphatic rings. The number of amides is 1. The fourth-order valence-corrected chi connectivity index (χ4v) is 3.43. The van der Waals surface area contributed by atoms with Crippen molar-refractivity contribution >= 4 is 16.6 Å². The van der Waals surface area contributed by atoms with E-state index in [1.54, 1.807) is 25.7 Å². The van der Waals surface area contributed by atoms with Crippen LogP contribution < -0.4 is 4.18 Å². The second kappa shape index (κ2) is 7.62. The van der Waals surface area contributed by atoms with Gasteiger partial charge in [0.05, 0.1) is 17.9 Å². The summed E-state index contributed by atoms with van der Waals surface area (Å²) in [6, 6.07) is 3.05. The van der Waals surface area contributed by atoms with Gasteiger partial charge in [0.15, 0.2) is 11.6 Å². The molecule has 1 aromatic heterocycles. The number of hydrogen-bond donors (Lipinski definition) is 1. The Morgan fingerprint density at radius 2 is 2.07 bits per heavy atom. The molecule has 8 nitrogen and oxygen atoms in total. The van der Waals surface area contributed by atoms with Crippen molar-refractivity contribution in [2.75, 3.05) is 6.54 Å². The highest BCUT2D eigenvalue weighted by atomic mass is 32.3. The number of aromatic nitrogens is 2. The maximum absolute atomic E-state index is 13.7. The molecule has 1 fully saturated rings. The Hall–Kier alpha value is -2.69. The van der Waals surface area contributed by atoms with Crippen LogP contribution in [-0.4, -0.2) is 41.5 Å². The Kier molecular flexibility index (Phi) is 5.52. The third-order valence-electron chi connectivity index (χ3n) is 4.22. The fourth-order valence-electron chi connectivity index (χ4n) is 3.08. The molecule has 0 unspecified atom stereocenters. The molecule has 1 amide bonds. The summed E-state index contributed by atoms with van der Waals surface area (Å²) in [5.74, 6) is -1.28. The number of nitrogens with zero attached hydrogens (tertiary/aromatic N) is 2. The molecule has 0 bridgehead atoms. The number of carbonyl (C=O) groups excluding carboxylic acids is 1. The van der Waals surface area contributed by atoms with Crippen molar-refractivity contribution in [1.82, 2.24) is 14.9 Å². The Bertz CT molecular complexity index is 1020. The first-order valence-corrected chi connectivity index (χ1v) is 10.2. The summed E-state index contributed by atoms with van der Waals surface area (Å²) in [4.78, 5) is 21.4. The van der Waals surface area contributed by atoms with Crippen molar-refractivity contribution in [1.29, 1.82) is 0 Å². The smallest absolute Gasteiger partial charge is 0.444 e. The highest BCUT2D eigenvalue weighted by Crippen LogP contribution is 2.33. The molecule has 1 saturated heterocycles. The molecule has 0 aliphatic carbocycles. The molecular formula is C18H21F2N3O5S. The second-order valence-electron chi connectivity index (χ2n) is 7.64. The third kappa shape index (κ3) is 5.22. The third-order valence-corrected chi connectivity index (χ3v) is 4.60. The number of hydrogen-bond acceptors (Lipinski definition) is 6. The van der Waals surface area contributed by atoms with Gasteiger partial charge < -0.3 is 13.9 Å². The summed E-state index contributed by atoms with van der Waals surface area (Å²) in [6.45, 7) is 5.88. The van der Waals surface area contributed by atoms with Gasteiger partial charge in [0.2, 0.25) is 0 Å². The van der Waals surface area contributed by atoms with Crippen molar-refractivity contribution < 1.29 is 30.4 Å². The van der Waals surface area contributed by atoms with Crippen molar-refractivity contribution in [3.8, 4) is 17.0 Å². The molecular weight excluding hydrogens is 408 g/mol. The van der Waals surface area contributed by atoms with Crippen LogP contribution in [0.15, 0.2) is 24.4 Å². The van der Waals surface area contributed by atoms with E-state index < -0.39 is 33.8 Å². The van der Waals surface area contributed by atoms with Crippen LogP contribution in [0.5, 0.6) is 5.75 Å². The first-order chi connectivity index (χ1) is 13.4. The lowest BCUT2D eigenvalue weighted by Crippen LogP contribution is -2.36. The van der Waals surface area contributed by atoms with E-state index >= 15 is 0 Å². The van der Waals surface area contributed by atoms with E-state index in [1.165, 1.54) is 12.3 Å². The SMILES string of the molecule is CC(C)(C)OC(=O)N1CCC[C@H]1c1ncc(-c2ccc(F)c(OS(=O)(=O)F)c2)[nH]1. The number of benzene rings is 1. The number of rotatable bonds is 4.